The van der Waals surface area contributed by atoms with Crippen LogP contribution in [0.15, 0.2) is 29.2 Å². The van der Waals surface area contributed by atoms with Crippen LogP contribution in [0.4, 0.5) is 0 Å². The number of hydrogen-bond donors (Lipinski definition) is 1. The Morgan fingerprint density at radius 1 is 1.35 bits per heavy atom. The van der Waals surface area contributed by atoms with E-state index in [1.165, 1.54) is 0 Å². The van der Waals surface area contributed by atoms with Gasteiger partial charge in [0.15, 0.2) is 0 Å². The van der Waals surface area contributed by atoms with Crippen molar-refractivity contribution in [2.75, 3.05) is 14.2 Å². The second-order valence-corrected chi connectivity index (χ2v) is 5.79. The molecule has 1 aromatic rings. The first-order chi connectivity index (χ1) is 8.13. The molecule has 1 aromatic carbocycles. The van der Waals surface area contributed by atoms with Crippen molar-refractivity contribution in [2.45, 2.75) is 36.5 Å². The molecule has 96 valence electrons. The molecule has 0 amide bonds. The molecule has 0 fully saturated rings. The van der Waals surface area contributed by atoms with Gasteiger partial charge in [0.05, 0.1) is 23.2 Å². The van der Waals surface area contributed by atoms with Crippen LogP contribution in [0.25, 0.3) is 0 Å². The molecule has 0 aliphatic rings. The summed E-state index contributed by atoms with van der Waals surface area (Å²) >= 11 is 0. The van der Waals surface area contributed by atoms with E-state index in [1.807, 2.05) is 38.2 Å². The van der Waals surface area contributed by atoms with E-state index in [2.05, 4.69) is 12.2 Å². The fraction of sp³-hybridized carbons (Fsp3) is 0.538. The van der Waals surface area contributed by atoms with Gasteiger partial charge in [0, 0.05) is 10.9 Å². The van der Waals surface area contributed by atoms with E-state index in [0.29, 0.717) is 0 Å². The maximum atomic E-state index is 12.3. The summed E-state index contributed by atoms with van der Waals surface area (Å²) in [5, 5.41) is 3.30. The standard InChI is InChI=1S/C13H21NO2S/c1-5-13(14-3)10(2)17(15)12-8-6-11(16-4)7-9-12/h6-10,13-14H,5H2,1-4H3. The zero-order valence-corrected chi connectivity index (χ0v) is 11.7. The summed E-state index contributed by atoms with van der Waals surface area (Å²) in [6.07, 6.45) is 0.972. The largest absolute Gasteiger partial charge is 0.497 e. The monoisotopic (exact) mass is 255 g/mol. The average Bonchev–Trinajstić information content (AvgIpc) is 2.39. The molecule has 0 aliphatic carbocycles. The van der Waals surface area contributed by atoms with Gasteiger partial charge in [0.2, 0.25) is 0 Å². The van der Waals surface area contributed by atoms with Crippen LogP contribution in [-0.4, -0.2) is 29.7 Å². The van der Waals surface area contributed by atoms with Crippen LogP contribution in [0.1, 0.15) is 20.3 Å². The molecule has 0 saturated heterocycles. The van der Waals surface area contributed by atoms with Crippen molar-refractivity contribution >= 4 is 10.8 Å². The molecule has 0 aromatic heterocycles. The molecule has 17 heavy (non-hydrogen) atoms. The van der Waals surface area contributed by atoms with E-state index < -0.39 is 10.8 Å². The first kappa shape index (κ1) is 14.2. The highest BCUT2D eigenvalue weighted by Crippen LogP contribution is 2.18. The molecule has 0 aliphatic heterocycles. The summed E-state index contributed by atoms with van der Waals surface area (Å²) in [7, 11) is 2.55. The third-order valence-corrected chi connectivity index (χ3v) is 4.75. The summed E-state index contributed by atoms with van der Waals surface area (Å²) in [5.74, 6) is 0.791. The first-order valence-corrected chi connectivity index (χ1v) is 7.07. The molecule has 3 atom stereocenters. The topological polar surface area (TPSA) is 38.3 Å². The molecule has 0 saturated carbocycles. The average molecular weight is 255 g/mol. The quantitative estimate of drug-likeness (QED) is 0.847. The van der Waals surface area contributed by atoms with Gasteiger partial charge >= 0.3 is 0 Å². The molecular formula is C13H21NO2S. The predicted molar refractivity (Wildman–Crippen MR) is 72.0 cm³/mol. The summed E-state index contributed by atoms with van der Waals surface area (Å²) in [4.78, 5) is 0.854. The van der Waals surface area contributed by atoms with E-state index in [1.54, 1.807) is 7.11 Å². The van der Waals surface area contributed by atoms with Gasteiger partial charge in [-0.05, 0) is 44.7 Å². The van der Waals surface area contributed by atoms with E-state index in [9.17, 15) is 4.21 Å². The van der Waals surface area contributed by atoms with Crippen LogP contribution in [-0.2, 0) is 10.8 Å². The normalized spacial score (nSPS) is 16.2. The Balaban J connectivity index is 2.80. The lowest BCUT2D eigenvalue weighted by atomic mass is 10.2. The lowest BCUT2D eigenvalue weighted by Crippen LogP contribution is -2.37. The van der Waals surface area contributed by atoms with Gasteiger partial charge in [0.1, 0.15) is 5.75 Å². The Bertz CT molecular complexity index is 360. The van der Waals surface area contributed by atoms with E-state index in [-0.39, 0.29) is 11.3 Å². The van der Waals surface area contributed by atoms with Crippen molar-refractivity contribution in [1.29, 1.82) is 0 Å². The van der Waals surface area contributed by atoms with E-state index in [4.69, 9.17) is 4.74 Å². The maximum Gasteiger partial charge on any atom is 0.118 e. The fourth-order valence-corrected chi connectivity index (χ4v) is 3.31. The third-order valence-electron chi connectivity index (χ3n) is 3.01. The summed E-state index contributed by atoms with van der Waals surface area (Å²) in [5.41, 5.74) is 0. The van der Waals surface area contributed by atoms with Gasteiger partial charge in [-0.2, -0.15) is 0 Å². The molecule has 1 N–H and O–H groups in total. The number of hydrogen-bond acceptors (Lipinski definition) is 3. The Morgan fingerprint density at radius 2 is 1.94 bits per heavy atom. The number of benzene rings is 1. The van der Waals surface area contributed by atoms with Crippen molar-refractivity contribution in [1.82, 2.24) is 5.32 Å². The van der Waals surface area contributed by atoms with Crippen LogP contribution in [0.5, 0.6) is 5.75 Å². The molecular weight excluding hydrogens is 234 g/mol. The number of nitrogens with one attached hydrogen (secondary N) is 1. The van der Waals surface area contributed by atoms with Gasteiger partial charge < -0.3 is 10.1 Å². The summed E-state index contributed by atoms with van der Waals surface area (Å²) < 4.78 is 17.4. The highest BCUT2D eigenvalue weighted by molar-refractivity contribution is 7.85. The number of rotatable bonds is 6. The molecule has 3 nitrogen and oxygen atoms in total. The molecule has 0 heterocycles. The van der Waals surface area contributed by atoms with E-state index >= 15 is 0 Å². The Labute approximate surface area is 106 Å². The fourth-order valence-electron chi connectivity index (χ4n) is 1.84. The molecule has 0 spiro atoms. The lowest BCUT2D eigenvalue weighted by Gasteiger charge is -2.21. The van der Waals surface area contributed by atoms with Crippen molar-refractivity contribution in [3.63, 3.8) is 0 Å². The van der Waals surface area contributed by atoms with Crippen molar-refractivity contribution in [2.24, 2.45) is 0 Å². The Morgan fingerprint density at radius 3 is 2.35 bits per heavy atom. The van der Waals surface area contributed by atoms with Crippen molar-refractivity contribution < 1.29 is 8.95 Å². The van der Waals surface area contributed by atoms with Gasteiger partial charge in [-0.25, -0.2) is 0 Å². The zero-order valence-electron chi connectivity index (χ0n) is 10.9. The van der Waals surface area contributed by atoms with Crippen molar-refractivity contribution in [3.8, 4) is 5.75 Å². The maximum absolute atomic E-state index is 12.3. The smallest absolute Gasteiger partial charge is 0.118 e. The highest BCUT2D eigenvalue weighted by atomic mass is 32.2. The SMILES string of the molecule is CCC(NC)C(C)S(=O)c1ccc(OC)cc1. The zero-order chi connectivity index (χ0) is 12.8. The lowest BCUT2D eigenvalue weighted by molar-refractivity contribution is 0.414. The molecule has 3 unspecified atom stereocenters. The van der Waals surface area contributed by atoms with Crippen LogP contribution < -0.4 is 10.1 Å². The van der Waals surface area contributed by atoms with Crippen LogP contribution in [0, 0.1) is 0 Å². The second kappa shape index (κ2) is 6.77. The highest BCUT2D eigenvalue weighted by Gasteiger charge is 2.20. The second-order valence-electron chi connectivity index (χ2n) is 3.98. The minimum absolute atomic E-state index is 0.0957. The van der Waals surface area contributed by atoms with Gasteiger partial charge in [0.25, 0.3) is 0 Å². The van der Waals surface area contributed by atoms with Crippen LogP contribution in [0.3, 0.4) is 0 Å². The number of methoxy groups -OCH3 is 1. The molecule has 0 bridgehead atoms. The predicted octanol–water partition coefficient (Wildman–Crippen LogP) is 2.19. The summed E-state index contributed by atoms with van der Waals surface area (Å²) in [6, 6.07) is 7.71. The Hall–Kier alpha value is -0.870. The van der Waals surface area contributed by atoms with Crippen molar-refractivity contribution in [3.05, 3.63) is 24.3 Å². The third kappa shape index (κ3) is 3.54. The molecule has 1 rings (SSSR count). The molecule has 4 heteroatoms. The summed E-state index contributed by atoms with van der Waals surface area (Å²) in [6.45, 7) is 4.12. The number of ether oxygens (including phenoxy) is 1. The van der Waals surface area contributed by atoms with Gasteiger partial charge in [-0.3, -0.25) is 4.21 Å². The van der Waals surface area contributed by atoms with Gasteiger partial charge in [-0.1, -0.05) is 6.92 Å². The van der Waals surface area contributed by atoms with Gasteiger partial charge in [-0.15, -0.1) is 0 Å². The Kier molecular flexibility index (Phi) is 5.65. The first-order valence-electron chi connectivity index (χ1n) is 5.85. The van der Waals surface area contributed by atoms with Crippen LogP contribution >= 0.6 is 0 Å². The minimum atomic E-state index is -0.986. The minimum Gasteiger partial charge on any atom is -0.497 e. The van der Waals surface area contributed by atoms with E-state index in [0.717, 1.165) is 17.1 Å². The van der Waals surface area contributed by atoms with Crippen LogP contribution in [0.2, 0.25) is 0 Å². The molecule has 0 radical (unpaired) electrons.